The van der Waals surface area contributed by atoms with E-state index in [0.717, 1.165) is 5.69 Å². The first-order valence-electron chi connectivity index (χ1n) is 7.98. The summed E-state index contributed by atoms with van der Waals surface area (Å²) in [6, 6.07) is 12.8. The lowest BCUT2D eigenvalue weighted by atomic mass is 10.2. The molecular weight excluding hydrogens is 334 g/mol. The molecule has 26 heavy (non-hydrogen) atoms. The van der Waals surface area contributed by atoms with E-state index in [0.29, 0.717) is 22.7 Å². The molecule has 0 saturated heterocycles. The van der Waals surface area contributed by atoms with Crippen LogP contribution in [0.4, 0.5) is 11.4 Å². The number of rotatable bonds is 8. The van der Waals surface area contributed by atoms with E-state index in [2.05, 4.69) is 10.5 Å². The summed E-state index contributed by atoms with van der Waals surface area (Å²) in [4.78, 5) is 18.9. The minimum absolute atomic E-state index is 0.196. The number of carbonyl (C=O) groups excluding carboxylic acids is 1. The molecule has 2 aromatic carbocycles. The molecule has 0 heterocycles. The molecule has 1 amide bonds. The molecule has 138 valence electrons. The molecule has 2 aromatic rings. The standard InChI is InChI=1S/C19H23N3O4/c1-22(2)16-7-5-15(6-8-16)21-19(23)13-26-20-12-14-11-17(24-3)9-10-18(14)25-4/h5-12H,13H2,1-4H3,(H,21,23)/b20-12+. The lowest BCUT2D eigenvalue weighted by molar-refractivity contribution is -0.120. The van der Waals surface area contributed by atoms with Gasteiger partial charge in [0.15, 0.2) is 6.61 Å². The van der Waals surface area contributed by atoms with Crippen molar-refractivity contribution in [2.75, 3.05) is 45.1 Å². The van der Waals surface area contributed by atoms with Crippen molar-refractivity contribution < 1.29 is 19.1 Å². The van der Waals surface area contributed by atoms with Gasteiger partial charge in [-0.2, -0.15) is 0 Å². The Morgan fingerprint density at radius 1 is 1.12 bits per heavy atom. The van der Waals surface area contributed by atoms with Crippen molar-refractivity contribution in [2.24, 2.45) is 5.16 Å². The predicted octanol–water partition coefficient (Wildman–Crippen LogP) is 2.76. The Hall–Kier alpha value is -3.22. The van der Waals surface area contributed by atoms with E-state index >= 15 is 0 Å². The molecule has 2 rings (SSSR count). The van der Waals surface area contributed by atoms with Gasteiger partial charge in [0.25, 0.3) is 5.91 Å². The summed E-state index contributed by atoms with van der Waals surface area (Å²) in [6.45, 7) is -0.196. The molecule has 0 spiro atoms. The van der Waals surface area contributed by atoms with Crippen molar-refractivity contribution in [1.29, 1.82) is 0 Å². The molecule has 0 atom stereocenters. The molecule has 7 heteroatoms. The molecule has 0 saturated carbocycles. The van der Waals surface area contributed by atoms with Gasteiger partial charge in [-0.05, 0) is 42.5 Å². The van der Waals surface area contributed by atoms with E-state index in [1.165, 1.54) is 6.21 Å². The average molecular weight is 357 g/mol. The highest BCUT2D eigenvalue weighted by Gasteiger charge is 2.05. The van der Waals surface area contributed by atoms with Crippen molar-refractivity contribution in [3.63, 3.8) is 0 Å². The fourth-order valence-corrected chi connectivity index (χ4v) is 2.17. The van der Waals surface area contributed by atoms with Crippen molar-refractivity contribution in [2.45, 2.75) is 0 Å². The van der Waals surface area contributed by atoms with Crippen LogP contribution < -0.4 is 19.7 Å². The number of carbonyl (C=O) groups is 1. The second-order valence-electron chi connectivity index (χ2n) is 5.61. The maximum absolute atomic E-state index is 11.9. The Kier molecular flexibility index (Phi) is 6.84. The number of amides is 1. The summed E-state index contributed by atoms with van der Waals surface area (Å²) in [5.41, 5.74) is 2.44. The molecule has 0 radical (unpaired) electrons. The Labute approximate surface area is 153 Å². The maximum atomic E-state index is 11.9. The number of hydrogen-bond donors (Lipinski definition) is 1. The Bertz CT molecular complexity index is 758. The summed E-state index contributed by atoms with van der Waals surface area (Å²) < 4.78 is 10.4. The molecule has 0 bridgehead atoms. The lowest BCUT2D eigenvalue weighted by Gasteiger charge is -2.12. The third kappa shape index (κ3) is 5.41. The van der Waals surface area contributed by atoms with E-state index < -0.39 is 0 Å². The highest BCUT2D eigenvalue weighted by Crippen LogP contribution is 2.22. The monoisotopic (exact) mass is 357 g/mol. The van der Waals surface area contributed by atoms with Gasteiger partial charge < -0.3 is 24.5 Å². The van der Waals surface area contributed by atoms with Crippen LogP contribution in [0.25, 0.3) is 0 Å². The number of nitrogens with zero attached hydrogens (tertiary/aromatic N) is 2. The number of benzene rings is 2. The van der Waals surface area contributed by atoms with Gasteiger partial charge in [0.05, 0.1) is 20.4 Å². The number of methoxy groups -OCH3 is 2. The van der Waals surface area contributed by atoms with Crippen LogP contribution in [0.5, 0.6) is 11.5 Å². The highest BCUT2D eigenvalue weighted by atomic mass is 16.6. The van der Waals surface area contributed by atoms with Crippen LogP contribution in [0.3, 0.4) is 0 Å². The van der Waals surface area contributed by atoms with Crippen LogP contribution in [0.15, 0.2) is 47.6 Å². The van der Waals surface area contributed by atoms with Crippen LogP contribution in [0.2, 0.25) is 0 Å². The zero-order valence-corrected chi connectivity index (χ0v) is 15.4. The van der Waals surface area contributed by atoms with Gasteiger partial charge in [-0.15, -0.1) is 0 Å². The summed E-state index contributed by atoms with van der Waals surface area (Å²) in [5, 5.41) is 6.56. The topological polar surface area (TPSA) is 72.4 Å². The van der Waals surface area contributed by atoms with Crippen LogP contribution in [-0.4, -0.2) is 47.0 Å². The van der Waals surface area contributed by atoms with E-state index in [-0.39, 0.29) is 12.5 Å². The van der Waals surface area contributed by atoms with Gasteiger partial charge in [-0.1, -0.05) is 5.16 Å². The number of nitrogens with one attached hydrogen (secondary N) is 1. The first-order valence-corrected chi connectivity index (χ1v) is 7.98. The second-order valence-corrected chi connectivity index (χ2v) is 5.61. The largest absolute Gasteiger partial charge is 0.497 e. The zero-order valence-electron chi connectivity index (χ0n) is 15.4. The molecule has 0 aliphatic heterocycles. The SMILES string of the molecule is COc1ccc(OC)c(/C=N/OCC(=O)Nc2ccc(N(C)C)cc2)c1. The van der Waals surface area contributed by atoms with Gasteiger partial charge in [0, 0.05) is 31.0 Å². The van der Waals surface area contributed by atoms with Crippen LogP contribution in [0.1, 0.15) is 5.56 Å². The number of anilines is 2. The van der Waals surface area contributed by atoms with Gasteiger partial charge >= 0.3 is 0 Å². The van der Waals surface area contributed by atoms with E-state index in [4.69, 9.17) is 14.3 Å². The van der Waals surface area contributed by atoms with Crippen molar-refractivity contribution in [3.8, 4) is 11.5 Å². The zero-order chi connectivity index (χ0) is 18.9. The summed E-state index contributed by atoms with van der Waals surface area (Å²) >= 11 is 0. The summed E-state index contributed by atoms with van der Waals surface area (Å²) in [7, 11) is 7.05. The first-order chi connectivity index (χ1) is 12.5. The number of hydrogen-bond acceptors (Lipinski definition) is 6. The third-order valence-corrected chi connectivity index (χ3v) is 3.57. The number of ether oxygens (including phenoxy) is 2. The molecule has 7 nitrogen and oxygen atoms in total. The Morgan fingerprint density at radius 2 is 1.85 bits per heavy atom. The lowest BCUT2D eigenvalue weighted by Crippen LogP contribution is -2.17. The molecule has 0 unspecified atom stereocenters. The van der Waals surface area contributed by atoms with Crippen LogP contribution >= 0.6 is 0 Å². The fourth-order valence-electron chi connectivity index (χ4n) is 2.17. The van der Waals surface area contributed by atoms with E-state index in [1.54, 1.807) is 32.4 Å². The first kappa shape index (κ1) is 19.1. The van der Waals surface area contributed by atoms with E-state index in [9.17, 15) is 4.79 Å². The van der Waals surface area contributed by atoms with Gasteiger partial charge in [-0.25, -0.2) is 0 Å². The molecule has 0 aliphatic rings. The summed E-state index contributed by atoms with van der Waals surface area (Å²) in [6.07, 6.45) is 1.47. The fraction of sp³-hybridized carbons (Fsp3) is 0.263. The molecule has 0 aromatic heterocycles. The predicted molar refractivity (Wildman–Crippen MR) is 102 cm³/mol. The van der Waals surface area contributed by atoms with Gasteiger partial charge in [0.1, 0.15) is 11.5 Å². The third-order valence-electron chi connectivity index (χ3n) is 3.57. The van der Waals surface area contributed by atoms with Crippen LogP contribution in [0, 0.1) is 0 Å². The number of oxime groups is 1. The van der Waals surface area contributed by atoms with Gasteiger partial charge in [-0.3, -0.25) is 4.79 Å². The van der Waals surface area contributed by atoms with Gasteiger partial charge in [0.2, 0.25) is 0 Å². The second kappa shape index (κ2) is 9.31. The minimum atomic E-state index is -0.294. The highest BCUT2D eigenvalue weighted by molar-refractivity contribution is 5.92. The van der Waals surface area contributed by atoms with E-state index in [1.807, 2.05) is 43.3 Å². The quantitative estimate of drug-likeness (QED) is 0.581. The van der Waals surface area contributed by atoms with Crippen molar-refractivity contribution in [3.05, 3.63) is 48.0 Å². The minimum Gasteiger partial charge on any atom is -0.497 e. The molecule has 1 N–H and O–H groups in total. The average Bonchev–Trinajstić information content (AvgIpc) is 2.65. The van der Waals surface area contributed by atoms with Crippen LogP contribution in [-0.2, 0) is 9.63 Å². The maximum Gasteiger partial charge on any atom is 0.265 e. The normalized spacial score (nSPS) is 10.5. The molecule has 0 fully saturated rings. The van der Waals surface area contributed by atoms with Crippen molar-refractivity contribution >= 4 is 23.5 Å². The Morgan fingerprint density at radius 3 is 2.46 bits per heavy atom. The molecule has 0 aliphatic carbocycles. The smallest absolute Gasteiger partial charge is 0.265 e. The van der Waals surface area contributed by atoms with Crippen molar-refractivity contribution in [1.82, 2.24) is 0 Å². The Balaban J connectivity index is 1.87. The summed E-state index contributed by atoms with van der Waals surface area (Å²) in [5.74, 6) is 1.01. The molecular formula is C19H23N3O4.